The zero-order chi connectivity index (χ0) is 14.5. The van der Waals surface area contributed by atoms with Gasteiger partial charge in [-0.3, -0.25) is 0 Å². The van der Waals surface area contributed by atoms with Crippen molar-refractivity contribution in [2.24, 2.45) is 5.92 Å². The van der Waals surface area contributed by atoms with Crippen LogP contribution >= 0.6 is 0 Å². The van der Waals surface area contributed by atoms with Crippen LogP contribution in [0, 0.1) is 5.92 Å². The molecule has 2 nitrogen and oxygen atoms in total. The zero-order valence-electron chi connectivity index (χ0n) is 13.3. The Morgan fingerprint density at radius 1 is 1.10 bits per heavy atom. The third-order valence-corrected chi connectivity index (χ3v) is 4.84. The lowest BCUT2D eigenvalue weighted by Crippen LogP contribution is -2.28. The lowest BCUT2D eigenvalue weighted by atomic mass is 9.87. The second kappa shape index (κ2) is 7.31. The Morgan fingerprint density at radius 2 is 1.86 bits per heavy atom. The van der Waals surface area contributed by atoms with Crippen molar-refractivity contribution < 1.29 is 4.74 Å². The normalized spacial score (nSPS) is 21.8. The number of hydrogen-bond acceptors (Lipinski definition) is 2. The summed E-state index contributed by atoms with van der Waals surface area (Å²) in [7, 11) is 0. The van der Waals surface area contributed by atoms with Gasteiger partial charge in [0.25, 0.3) is 0 Å². The van der Waals surface area contributed by atoms with Gasteiger partial charge in [-0.25, -0.2) is 0 Å². The van der Waals surface area contributed by atoms with Gasteiger partial charge in [0.2, 0.25) is 0 Å². The number of rotatable bonds is 6. The van der Waals surface area contributed by atoms with Crippen molar-refractivity contribution in [2.45, 2.75) is 70.4 Å². The Hall–Kier alpha value is -1.02. The van der Waals surface area contributed by atoms with Crippen LogP contribution in [-0.4, -0.2) is 12.6 Å². The minimum atomic E-state index is 0.482. The minimum Gasteiger partial charge on any atom is -0.490 e. The van der Waals surface area contributed by atoms with E-state index >= 15 is 0 Å². The fraction of sp³-hybridized carbons (Fsp3) is 0.684. The standard InChI is InChI=1S/C19H29NO/c1-2-20-19(15-8-5-3-4-6-9-15)16-10-7-11-18(14-16)21-17-12-13-17/h7,10-11,14-15,17,19-20H,2-6,8-9,12-13H2,1H3. The molecule has 2 aliphatic rings. The SMILES string of the molecule is CCNC(c1cccc(OC2CC2)c1)C1CCCCCC1. The largest absolute Gasteiger partial charge is 0.490 e. The molecule has 21 heavy (non-hydrogen) atoms. The summed E-state index contributed by atoms with van der Waals surface area (Å²) in [6.45, 7) is 3.25. The van der Waals surface area contributed by atoms with Crippen molar-refractivity contribution in [3.63, 3.8) is 0 Å². The van der Waals surface area contributed by atoms with Gasteiger partial charge in [0.15, 0.2) is 0 Å². The molecule has 2 aliphatic carbocycles. The van der Waals surface area contributed by atoms with E-state index < -0.39 is 0 Å². The Balaban J connectivity index is 1.74. The summed E-state index contributed by atoms with van der Waals surface area (Å²) in [4.78, 5) is 0. The van der Waals surface area contributed by atoms with E-state index in [9.17, 15) is 0 Å². The van der Waals surface area contributed by atoms with E-state index in [2.05, 4.69) is 36.5 Å². The summed E-state index contributed by atoms with van der Waals surface area (Å²) >= 11 is 0. The maximum Gasteiger partial charge on any atom is 0.120 e. The summed E-state index contributed by atoms with van der Waals surface area (Å²) in [6, 6.07) is 9.32. The number of benzene rings is 1. The van der Waals surface area contributed by atoms with Crippen molar-refractivity contribution in [1.82, 2.24) is 5.32 Å². The van der Waals surface area contributed by atoms with Crippen LogP contribution in [0.15, 0.2) is 24.3 Å². The van der Waals surface area contributed by atoms with Crippen LogP contribution in [0.1, 0.15) is 69.9 Å². The fourth-order valence-corrected chi connectivity index (χ4v) is 3.58. The molecule has 1 aromatic rings. The lowest BCUT2D eigenvalue weighted by Gasteiger charge is -2.28. The van der Waals surface area contributed by atoms with Crippen LogP contribution in [0.25, 0.3) is 0 Å². The van der Waals surface area contributed by atoms with Gasteiger partial charge in [0.1, 0.15) is 5.75 Å². The molecule has 1 aromatic carbocycles. The van der Waals surface area contributed by atoms with Crippen molar-refractivity contribution in [3.8, 4) is 5.75 Å². The second-order valence-corrected chi connectivity index (χ2v) is 6.68. The Labute approximate surface area is 129 Å². The van der Waals surface area contributed by atoms with Gasteiger partial charge in [-0.05, 0) is 55.8 Å². The van der Waals surface area contributed by atoms with Crippen LogP contribution in [0.4, 0.5) is 0 Å². The van der Waals surface area contributed by atoms with Gasteiger partial charge in [-0.15, -0.1) is 0 Å². The Kier molecular flexibility index (Phi) is 5.18. The number of hydrogen-bond donors (Lipinski definition) is 1. The van der Waals surface area contributed by atoms with E-state index in [1.807, 2.05) is 0 Å². The molecule has 0 amide bonds. The topological polar surface area (TPSA) is 21.3 Å². The molecule has 0 radical (unpaired) electrons. The van der Waals surface area contributed by atoms with E-state index in [0.29, 0.717) is 12.1 Å². The van der Waals surface area contributed by atoms with E-state index in [1.165, 1.54) is 56.9 Å². The molecular formula is C19H29NO. The van der Waals surface area contributed by atoms with Crippen molar-refractivity contribution in [2.75, 3.05) is 6.54 Å². The van der Waals surface area contributed by atoms with Gasteiger partial charge < -0.3 is 10.1 Å². The van der Waals surface area contributed by atoms with Gasteiger partial charge >= 0.3 is 0 Å². The highest BCUT2D eigenvalue weighted by molar-refractivity contribution is 5.31. The quantitative estimate of drug-likeness (QED) is 0.755. The monoisotopic (exact) mass is 287 g/mol. The predicted molar refractivity (Wildman–Crippen MR) is 87.7 cm³/mol. The molecule has 2 saturated carbocycles. The first-order chi connectivity index (χ1) is 10.4. The molecular weight excluding hydrogens is 258 g/mol. The summed E-state index contributed by atoms with van der Waals surface area (Å²) in [6.07, 6.45) is 11.3. The first-order valence-electron chi connectivity index (χ1n) is 8.87. The molecule has 0 spiro atoms. The van der Waals surface area contributed by atoms with Crippen LogP contribution in [-0.2, 0) is 0 Å². The van der Waals surface area contributed by atoms with Crippen LogP contribution < -0.4 is 10.1 Å². The minimum absolute atomic E-state index is 0.482. The molecule has 0 aliphatic heterocycles. The highest BCUT2D eigenvalue weighted by Crippen LogP contribution is 2.35. The van der Waals surface area contributed by atoms with Crippen molar-refractivity contribution in [3.05, 3.63) is 29.8 Å². The van der Waals surface area contributed by atoms with Crippen LogP contribution in [0.5, 0.6) is 5.75 Å². The van der Waals surface area contributed by atoms with Crippen molar-refractivity contribution in [1.29, 1.82) is 0 Å². The number of nitrogens with one attached hydrogen (secondary N) is 1. The number of ether oxygens (including phenoxy) is 1. The second-order valence-electron chi connectivity index (χ2n) is 6.68. The van der Waals surface area contributed by atoms with E-state index in [4.69, 9.17) is 4.74 Å². The predicted octanol–water partition coefficient (Wildman–Crippen LogP) is 4.85. The highest BCUT2D eigenvalue weighted by atomic mass is 16.5. The van der Waals surface area contributed by atoms with E-state index in [-0.39, 0.29) is 0 Å². The van der Waals surface area contributed by atoms with E-state index in [1.54, 1.807) is 0 Å². The molecule has 0 saturated heterocycles. The molecule has 1 N–H and O–H groups in total. The molecule has 3 rings (SSSR count). The molecule has 2 heteroatoms. The van der Waals surface area contributed by atoms with Gasteiger partial charge in [0, 0.05) is 6.04 Å². The zero-order valence-corrected chi connectivity index (χ0v) is 13.3. The molecule has 1 atom stereocenters. The first-order valence-corrected chi connectivity index (χ1v) is 8.87. The molecule has 2 fully saturated rings. The third-order valence-electron chi connectivity index (χ3n) is 4.84. The molecule has 0 bridgehead atoms. The summed E-state index contributed by atoms with van der Waals surface area (Å²) in [5.74, 6) is 1.84. The summed E-state index contributed by atoms with van der Waals surface area (Å²) < 4.78 is 5.98. The fourth-order valence-electron chi connectivity index (χ4n) is 3.58. The van der Waals surface area contributed by atoms with Crippen molar-refractivity contribution >= 4 is 0 Å². The highest BCUT2D eigenvalue weighted by Gasteiger charge is 2.26. The Morgan fingerprint density at radius 3 is 2.52 bits per heavy atom. The van der Waals surface area contributed by atoms with Gasteiger partial charge in [0.05, 0.1) is 6.10 Å². The van der Waals surface area contributed by atoms with Gasteiger partial charge in [-0.2, -0.15) is 0 Å². The van der Waals surface area contributed by atoms with Gasteiger partial charge in [-0.1, -0.05) is 44.7 Å². The lowest BCUT2D eigenvalue weighted by molar-refractivity contribution is 0.299. The average Bonchev–Trinajstić information content (AvgIpc) is 3.32. The molecule has 0 aromatic heterocycles. The summed E-state index contributed by atoms with van der Waals surface area (Å²) in [5.41, 5.74) is 1.42. The molecule has 116 valence electrons. The third kappa shape index (κ3) is 4.23. The van der Waals surface area contributed by atoms with E-state index in [0.717, 1.165) is 18.2 Å². The maximum absolute atomic E-state index is 5.98. The molecule has 0 heterocycles. The maximum atomic E-state index is 5.98. The average molecular weight is 287 g/mol. The van der Waals surface area contributed by atoms with Crippen LogP contribution in [0.3, 0.4) is 0 Å². The smallest absolute Gasteiger partial charge is 0.120 e. The van der Waals surface area contributed by atoms with Crippen LogP contribution in [0.2, 0.25) is 0 Å². The Bertz CT molecular complexity index is 433. The first kappa shape index (κ1) is 14.9. The summed E-state index contributed by atoms with van der Waals surface area (Å²) in [5, 5.41) is 3.74. The molecule has 1 unspecified atom stereocenters.